The van der Waals surface area contributed by atoms with E-state index in [-0.39, 0.29) is 0 Å². The lowest BCUT2D eigenvalue weighted by molar-refractivity contribution is 0.665. The second-order valence-corrected chi connectivity index (χ2v) is 3.87. The molecule has 0 aliphatic carbocycles. The van der Waals surface area contributed by atoms with Crippen LogP contribution in [0.1, 0.15) is 38.2 Å². The fourth-order valence-corrected chi connectivity index (χ4v) is 1.86. The summed E-state index contributed by atoms with van der Waals surface area (Å²) in [6.07, 6.45) is 4.23. The van der Waals surface area contributed by atoms with Crippen LogP contribution in [0.2, 0.25) is 0 Å². The minimum atomic E-state index is 0.640. The molecule has 2 aromatic rings. The van der Waals surface area contributed by atoms with Crippen molar-refractivity contribution in [2.75, 3.05) is 0 Å². The van der Waals surface area contributed by atoms with Crippen molar-refractivity contribution in [3.63, 3.8) is 0 Å². The Kier molecular flexibility index (Phi) is 2.53. The molecule has 1 N–H and O–H groups in total. The summed E-state index contributed by atoms with van der Waals surface area (Å²) in [6, 6.07) is 6.50. The Bertz CT molecular complexity index is 417. The Morgan fingerprint density at radius 1 is 1.43 bits per heavy atom. The van der Waals surface area contributed by atoms with Gasteiger partial charge in [-0.05, 0) is 30.0 Å². The fourth-order valence-electron chi connectivity index (χ4n) is 1.86. The second-order valence-electron chi connectivity index (χ2n) is 3.87. The Balaban J connectivity index is 2.33. The van der Waals surface area contributed by atoms with Gasteiger partial charge in [-0.15, -0.1) is 0 Å². The number of nitrogens with one attached hydrogen (secondary N) is 1. The summed E-state index contributed by atoms with van der Waals surface area (Å²) in [5, 5.41) is 0. The average molecular weight is 188 g/mol. The summed E-state index contributed by atoms with van der Waals surface area (Å²) in [5.74, 6) is 0.640. The van der Waals surface area contributed by atoms with Gasteiger partial charge in [-0.3, -0.25) is 0 Å². The smallest absolute Gasteiger partial charge is 0.0931 e. The van der Waals surface area contributed by atoms with E-state index in [2.05, 4.69) is 42.0 Å². The molecule has 0 bridgehead atoms. The number of nitrogens with zero attached hydrogens (tertiary/aromatic N) is 1. The van der Waals surface area contributed by atoms with Gasteiger partial charge >= 0.3 is 0 Å². The molecule has 74 valence electrons. The first-order chi connectivity index (χ1) is 6.81. The van der Waals surface area contributed by atoms with Crippen molar-refractivity contribution in [1.82, 2.24) is 9.97 Å². The summed E-state index contributed by atoms with van der Waals surface area (Å²) < 4.78 is 0. The molecule has 0 spiro atoms. The molecule has 2 nitrogen and oxygen atoms in total. The summed E-state index contributed by atoms with van der Waals surface area (Å²) >= 11 is 0. The molecule has 1 unspecified atom stereocenters. The maximum Gasteiger partial charge on any atom is 0.0931 e. The monoisotopic (exact) mass is 188 g/mol. The molecule has 14 heavy (non-hydrogen) atoms. The highest BCUT2D eigenvalue weighted by atomic mass is 14.9. The predicted octanol–water partition coefficient (Wildman–Crippen LogP) is 3.47. The number of hydrogen-bond acceptors (Lipinski definition) is 1. The standard InChI is InChI=1S/C12H16N2/c1-3-4-9(2)10-5-6-11-12(7-10)14-8-13-11/h5-9H,3-4H2,1-2H3,(H,13,14). The van der Waals surface area contributed by atoms with Crippen LogP contribution in [-0.2, 0) is 0 Å². The molecule has 1 aromatic carbocycles. The molecule has 0 aliphatic heterocycles. The molecule has 0 amide bonds. The highest BCUT2D eigenvalue weighted by molar-refractivity contribution is 5.75. The number of rotatable bonds is 3. The maximum atomic E-state index is 4.27. The van der Waals surface area contributed by atoms with Crippen LogP contribution in [0.5, 0.6) is 0 Å². The first kappa shape index (κ1) is 9.25. The van der Waals surface area contributed by atoms with Gasteiger partial charge in [0.2, 0.25) is 0 Å². The lowest BCUT2D eigenvalue weighted by Crippen LogP contribution is -1.92. The molecule has 1 atom stereocenters. The molecule has 2 heteroatoms. The Labute approximate surface area is 84.4 Å². The van der Waals surface area contributed by atoms with Crippen LogP contribution in [0.3, 0.4) is 0 Å². The minimum absolute atomic E-state index is 0.640. The van der Waals surface area contributed by atoms with Crippen LogP contribution < -0.4 is 0 Å². The number of fused-ring (bicyclic) bond motifs is 1. The van der Waals surface area contributed by atoms with Crippen LogP contribution >= 0.6 is 0 Å². The number of aromatic nitrogens is 2. The van der Waals surface area contributed by atoms with E-state index in [1.54, 1.807) is 6.33 Å². The fraction of sp³-hybridized carbons (Fsp3) is 0.417. The van der Waals surface area contributed by atoms with Crippen molar-refractivity contribution in [2.45, 2.75) is 32.6 Å². The Morgan fingerprint density at radius 3 is 3.07 bits per heavy atom. The van der Waals surface area contributed by atoms with E-state index in [9.17, 15) is 0 Å². The van der Waals surface area contributed by atoms with Gasteiger partial charge in [-0.2, -0.15) is 0 Å². The van der Waals surface area contributed by atoms with E-state index in [1.165, 1.54) is 18.4 Å². The SMILES string of the molecule is CCCC(C)c1ccc2[nH]cnc2c1. The lowest BCUT2D eigenvalue weighted by Gasteiger charge is -2.09. The van der Waals surface area contributed by atoms with Gasteiger partial charge in [0, 0.05) is 0 Å². The third-order valence-electron chi connectivity index (χ3n) is 2.74. The predicted molar refractivity (Wildman–Crippen MR) is 59.4 cm³/mol. The van der Waals surface area contributed by atoms with Gasteiger partial charge in [0.05, 0.1) is 17.4 Å². The number of H-pyrrole nitrogens is 1. The normalized spacial score (nSPS) is 13.3. The summed E-state index contributed by atoms with van der Waals surface area (Å²) in [6.45, 7) is 4.50. The molecular weight excluding hydrogens is 172 g/mol. The van der Waals surface area contributed by atoms with Crippen LogP contribution in [0.4, 0.5) is 0 Å². The van der Waals surface area contributed by atoms with Gasteiger partial charge in [-0.25, -0.2) is 4.98 Å². The van der Waals surface area contributed by atoms with Gasteiger partial charge < -0.3 is 4.98 Å². The van der Waals surface area contributed by atoms with Crippen molar-refractivity contribution < 1.29 is 0 Å². The third kappa shape index (κ3) is 1.65. The summed E-state index contributed by atoms with van der Waals surface area (Å²) in [5.41, 5.74) is 3.59. The second kappa shape index (κ2) is 3.82. The zero-order valence-electron chi connectivity index (χ0n) is 8.75. The summed E-state index contributed by atoms with van der Waals surface area (Å²) in [7, 11) is 0. The molecule has 0 aliphatic rings. The van der Waals surface area contributed by atoms with Crippen LogP contribution in [0.25, 0.3) is 11.0 Å². The van der Waals surface area contributed by atoms with E-state index >= 15 is 0 Å². The zero-order chi connectivity index (χ0) is 9.97. The van der Waals surface area contributed by atoms with Crippen molar-refractivity contribution in [1.29, 1.82) is 0 Å². The van der Waals surface area contributed by atoms with Gasteiger partial charge in [0.25, 0.3) is 0 Å². The van der Waals surface area contributed by atoms with Gasteiger partial charge in [-0.1, -0.05) is 26.3 Å². The largest absolute Gasteiger partial charge is 0.345 e. The van der Waals surface area contributed by atoms with E-state index in [0.29, 0.717) is 5.92 Å². The highest BCUT2D eigenvalue weighted by Crippen LogP contribution is 2.22. The van der Waals surface area contributed by atoms with Crippen LogP contribution in [0.15, 0.2) is 24.5 Å². The van der Waals surface area contributed by atoms with Crippen molar-refractivity contribution >= 4 is 11.0 Å². The number of imidazole rings is 1. The van der Waals surface area contributed by atoms with Crippen molar-refractivity contribution in [2.24, 2.45) is 0 Å². The topological polar surface area (TPSA) is 28.7 Å². The minimum Gasteiger partial charge on any atom is -0.345 e. The molecule has 0 radical (unpaired) electrons. The third-order valence-corrected chi connectivity index (χ3v) is 2.74. The van der Waals surface area contributed by atoms with E-state index in [1.807, 2.05) is 0 Å². The Hall–Kier alpha value is -1.31. The van der Waals surface area contributed by atoms with Gasteiger partial charge in [0.15, 0.2) is 0 Å². The van der Waals surface area contributed by atoms with Crippen LogP contribution in [0, 0.1) is 0 Å². The molecule has 2 rings (SSSR count). The Morgan fingerprint density at radius 2 is 2.29 bits per heavy atom. The quantitative estimate of drug-likeness (QED) is 0.785. The number of benzene rings is 1. The highest BCUT2D eigenvalue weighted by Gasteiger charge is 2.05. The van der Waals surface area contributed by atoms with E-state index < -0.39 is 0 Å². The zero-order valence-corrected chi connectivity index (χ0v) is 8.75. The van der Waals surface area contributed by atoms with E-state index in [0.717, 1.165) is 11.0 Å². The lowest BCUT2D eigenvalue weighted by atomic mass is 9.96. The number of hydrogen-bond donors (Lipinski definition) is 1. The van der Waals surface area contributed by atoms with Gasteiger partial charge in [0.1, 0.15) is 0 Å². The average Bonchev–Trinajstić information content (AvgIpc) is 2.64. The summed E-state index contributed by atoms with van der Waals surface area (Å²) in [4.78, 5) is 7.37. The van der Waals surface area contributed by atoms with E-state index in [4.69, 9.17) is 0 Å². The first-order valence-corrected chi connectivity index (χ1v) is 5.24. The molecule has 0 saturated heterocycles. The maximum absolute atomic E-state index is 4.27. The molecule has 0 saturated carbocycles. The van der Waals surface area contributed by atoms with Crippen molar-refractivity contribution in [3.05, 3.63) is 30.1 Å². The van der Waals surface area contributed by atoms with Crippen molar-refractivity contribution in [3.8, 4) is 0 Å². The number of aromatic amines is 1. The molecule has 1 aromatic heterocycles. The van der Waals surface area contributed by atoms with Crippen LogP contribution in [-0.4, -0.2) is 9.97 Å². The molecular formula is C12H16N2. The molecule has 0 fully saturated rings. The molecule has 1 heterocycles. The first-order valence-electron chi connectivity index (χ1n) is 5.24.